The van der Waals surface area contributed by atoms with Crippen LogP contribution in [0, 0.1) is 6.92 Å². The van der Waals surface area contributed by atoms with E-state index in [0.29, 0.717) is 6.04 Å². The van der Waals surface area contributed by atoms with Gasteiger partial charge < -0.3 is 10.1 Å². The van der Waals surface area contributed by atoms with Gasteiger partial charge in [0, 0.05) is 6.04 Å². The van der Waals surface area contributed by atoms with E-state index in [-0.39, 0.29) is 0 Å². The fraction of sp³-hybridized carbons (Fsp3) is 0.571. The largest absolute Gasteiger partial charge is 0.495 e. The molecule has 1 aromatic rings. The van der Waals surface area contributed by atoms with Crippen LogP contribution >= 0.6 is 11.6 Å². The molecule has 1 aromatic carbocycles. The predicted molar refractivity (Wildman–Crippen MR) is 72.1 cm³/mol. The van der Waals surface area contributed by atoms with E-state index in [2.05, 4.69) is 18.3 Å². The van der Waals surface area contributed by atoms with Crippen molar-refractivity contribution in [2.24, 2.45) is 0 Å². The molecule has 1 aliphatic heterocycles. The van der Waals surface area contributed by atoms with Crippen LogP contribution in [-0.2, 0) is 6.42 Å². The number of piperidine rings is 1. The lowest BCUT2D eigenvalue weighted by atomic mass is 9.96. The molecule has 1 aliphatic rings. The van der Waals surface area contributed by atoms with Gasteiger partial charge in [0.1, 0.15) is 5.75 Å². The van der Waals surface area contributed by atoms with E-state index < -0.39 is 0 Å². The van der Waals surface area contributed by atoms with Crippen LogP contribution in [0.1, 0.15) is 30.4 Å². The Morgan fingerprint density at radius 2 is 2.24 bits per heavy atom. The first kappa shape index (κ1) is 12.7. The Hall–Kier alpha value is -0.730. The zero-order chi connectivity index (χ0) is 12.3. The van der Waals surface area contributed by atoms with Crippen molar-refractivity contribution in [1.82, 2.24) is 5.32 Å². The van der Waals surface area contributed by atoms with Gasteiger partial charge in [0.05, 0.1) is 12.1 Å². The van der Waals surface area contributed by atoms with Crippen molar-refractivity contribution in [1.29, 1.82) is 0 Å². The zero-order valence-corrected chi connectivity index (χ0v) is 11.3. The molecule has 3 heteroatoms. The maximum Gasteiger partial charge on any atom is 0.137 e. The van der Waals surface area contributed by atoms with Crippen LogP contribution in [0.4, 0.5) is 0 Å². The normalized spacial score (nSPS) is 20.3. The Morgan fingerprint density at radius 3 is 2.88 bits per heavy atom. The Morgan fingerprint density at radius 1 is 1.41 bits per heavy atom. The predicted octanol–water partition coefficient (Wildman–Crippen LogP) is 3.34. The van der Waals surface area contributed by atoms with Crippen LogP contribution < -0.4 is 10.1 Å². The van der Waals surface area contributed by atoms with E-state index in [1.165, 1.54) is 30.4 Å². The molecule has 1 atom stereocenters. The van der Waals surface area contributed by atoms with E-state index >= 15 is 0 Å². The molecule has 0 spiro atoms. The summed E-state index contributed by atoms with van der Waals surface area (Å²) >= 11 is 6.35. The first-order chi connectivity index (χ1) is 8.20. The number of halogens is 1. The Bertz CT molecular complexity index is 386. The summed E-state index contributed by atoms with van der Waals surface area (Å²) < 4.78 is 5.30. The van der Waals surface area contributed by atoms with Crippen LogP contribution in [0.2, 0.25) is 5.02 Å². The number of hydrogen-bond donors (Lipinski definition) is 1. The first-order valence-electron chi connectivity index (χ1n) is 6.27. The maximum absolute atomic E-state index is 6.35. The second-order valence-corrected chi connectivity index (χ2v) is 5.17. The van der Waals surface area contributed by atoms with Crippen molar-refractivity contribution >= 4 is 11.6 Å². The molecule has 0 bridgehead atoms. The molecule has 94 valence electrons. The van der Waals surface area contributed by atoms with Crippen LogP contribution in [-0.4, -0.2) is 19.7 Å². The number of nitrogens with one attached hydrogen (secondary N) is 1. The van der Waals surface area contributed by atoms with Crippen molar-refractivity contribution < 1.29 is 4.74 Å². The molecule has 0 radical (unpaired) electrons. The van der Waals surface area contributed by atoms with Gasteiger partial charge in [-0.05, 0) is 49.9 Å². The molecule has 17 heavy (non-hydrogen) atoms. The van der Waals surface area contributed by atoms with Gasteiger partial charge in [0.2, 0.25) is 0 Å². The third kappa shape index (κ3) is 3.14. The van der Waals surface area contributed by atoms with E-state index in [0.717, 1.165) is 23.7 Å². The molecule has 0 aromatic heterocycles. The molecule has 1 fully saturated rings. The number of methoxy groups -OCH3 is 1. The van der Waals surface area contributed by atoms with E-state index in [4.69, 9.17) is 16.3 Å². The molecule has 1 heterocycles. The van der Waals surface area contributed by atoms with Gasteiger partial charge in [-0.1, -0.05) is 24.1 Å². The SMILES string of the molecule is COc1cc(C)cc(CC2CCCCN2)c1Cl. The lowest BCUT2D eigenvalue weighted by molar-refractivity contribution is 0.396. The summed E-state index contributed by atoms with van der Waals surface area (Å²) in [5.74, 6) is 0.789. The molecule has 0 saturated carbocycles. The summed E-state index contributed by atoms with van der Waals surface area (Å²) in [4.78, 5) is 0. The first-order valence-corrected chi connectivity index (χ1v) is 6.65. The van der Waals surface area contributed by atoms with Crippen molar-refractivity contribution in [2.45, 2.75) is 38.6 Å². The maximum atomic E-state index is 6.35. The highest BCUT2D eigenvalue weighted by molar-refractivity contribution is 6.32. The summed E-state index contributed by atoms with van der Waals surface area (Å²) in [5.41, 5.74) is 2.40. The minimum Gasteiger partial charge on any atom is -0.495 e. The fourth-order valence-corrected chi connectivity index (χ4v) is 2.73. The van der Waals surface area contributed by atoms with Crippen LogP contribution in [0.25, 0.3) is 0 Å². The number of aryl methyl sites for hydroxylation is 1. The Balaban J connectivity index is 2.16. The Labute approximate surface area is 108 Å². The molecule has 1 N–H and O–H groups in total. The molecule has 1 unspecified atom stereocenters. The molecular weight excluding hydrogens is 234 g/mol. The van der Waals surface area contributed by atoms with Gasteiger partial charge in [-0.3, -0.25) is 0 Å². The molecule has 0 amide bonds. The topological polar surface area (TPSA) is 21.3 Å². The monoisotopic (exact) mass is 253 g/mol. The summed E-state index contributed by atoms with van der Waals surface area (Å²) in [6.45, 7) is 3.21. The van der Waals surface area contributed by atoms with Gasteiger partial charge in [-0.2, -0.15) is 0 Å². The number of rotatable bonds is 3. The molecular formula is C14H20ClNO. The second kappa shape index (κ2) is 5.74. The summed E-state index contributed by atoms with van der Waals surface area (Å²) in [6, 6.07) is 4.72. The zero-order valence-electron chi connectivity index (χ0n) is 10.6. The highest BCUT2D eigenvalue weighted by Crippen LogP contribution is 2.31. The molecule has 1 saturated heterocycles. The smallest absolute Gasteiger partial charge is 0.137 e. The van der Waals surface area contributed by atoms with Crippen molar-refractivity contribution in [2.75, 3.05) is 13.7 Å². The fourth-order valence-electron chi connectivity index (χ4n) is 2.47. The van der Waals surface area contributed by atoms with E-state index in [9.17, 15) is 0 Å². The van der Waals surface area contributed by atoms with Gasteiger partial charge in [-0.25, -0.2) is 0 Å². The third-order valence-corrected chi connectivity index (χ3v) is 3.79. The van der Waals surface area contributed by atoms with Crippen LogP contribution in [0.3, 0.4) is 0 Å². The van der Waals surface area contributed by atoms with Crippen molar-refractivity contribution in [3.8, 4) is 5.75 Å². The van der Waals surface area contributed by atoms with E-state index in [1.54, 1.807) is 7.11 Å². The molecule has 0 aliphatic carbocycles. The average molecular weight is 254 g/mol. The number of ether oxygens (including phenoxy) is 1. The van der Waals surface area contributed by atoms with Crippen molar-refractivity contribution in [3.05, 3.63) is 28.3 Å². The summed E-state index contributed by atoms with van der Waals surface area (Å²) in [6.07, 6.45) is 4.85. The van der Waals surface area contributed by atoms with Gasteiger partial charge in [0.15, 0.2) is 0 Å². The lowest BCUT2D eigenvalue weighted by Crippen LogP contribution is -2.35. The average Bonchev–Trinajstić information content (AvgIpc) is 2.34. The molecule has 2 rings (SSSR count). The number of hydrogen-bond acceptors (Lipinski definition) is 2. The lowest BCUT2D eigenvalue weighted by Gasteiger charge is -2.24. The minimum absolute atomic E-state index is 0.563. The number of benzene rings is 1. The standard InChI is InChI=1S/C14H20ClNO/c1-10-7-11(14(15)13(8-10)17-2)9-12-5-3-4-6-16-12/h7-8,12,16H,3-6,9H2,1-2H3. The summed E-state index contributed by atoms with van der Waals surface area (Å²) in [7, 11) is 1.67. The summed E-state index contributed by atoms with van der Waals surface area (Å²) in [5, 5.41) is 4.32. The highest BCUT2D eigenvalue weighted by atomic mass is 35.5. The minimum atomic E-state index is 0.563. The van der Waals surface area contributed by atoms with Gasteiger partial charge in [-0.15, -0.1) is 0 Å². The Kier molecular flexibility index (Phi) is 4.30. The van der Waals surface area contributed by atoms with E-state index in [1.807, 2.05) is 6.07 Å². The van der Waals surface area contributed by atoms with Gasteiger partial charge >= 0.3 is 0 Å². The second-order valence-electron chi connectivity index (χ2n) is 4.79. The molecule has 2 nitrogen and oxygen atoms in total. The van der Waals surface area contributed by atoms with Gasteiger partial charge in [0.25, 0.3) is 0 Å². The quantitative estimate of drug-likeness (QED) is 0.892. The van der Waals surface area contributed by atoms with Crippen LogP contribution in [0.5, 0.6) is 5.75 Å². The van der Waals surface area contributed by atoms with Crippen LogP contribution in [0.15, 0.2) is 12.1 Å². The highest BCUT2D eigenvalue weighted by Gasteiger charge is 2.16. The third-order valence-electron chi connectivity index (χ3n) is 3.36. The van der Waals surface area contributed by atoms with Crippen molar-refractivity contribution in [3.63, 3.8) is 0 Å².